The number of nitrogens with zero attached hydrogens (tertiary/aromatic N) is 1. The van der Waals surface area contributed by atoms with Gasteiger partial charge in [-0.05, 0) is 12.1 Å². The molecule has 1 atom stereocenters. The molecule has 0 aliphatic carbocycles. The summed E-state index contributed by atoms with van der Waals surface area (Å²) < 4.78 is 0.000833. The molecule has 1 fully saturated rings. The monoisotopic (exact) mass is 193 g/mol. The molecule has 0 spiro atoms. The SMILES string of the molecule is O=C(O)[N+]1(c2ccccc2)CCNC1. The predicted octanol–water partition coefficient (Wildman–Crippen LogP) is 1.23. The highest BCUT2D eigenvalue weighted by molar-refractivity contribution is 5.81. The molecule has 0 saturated carbocycles. The molecule has 0 bridgehead atoms. The van der Waals surface area contributed by atoms with Crippen molar-refractivity contribution in [3.63, 3.8) is 0 Å². The van der Waals surface area contributed by atoms with Crippen LogP contribution in [0.3, 0.4) is 0 Å². The van der Waals surface area contributed by atoms with Crippen molar-refractivity contribution >= 4 is 11.8 Å². The predicted molar refractivity (Wildman–Crippen MR) is 54.0 cm³/mol. The van der Waals surface area contributed by atoms with Gasteiger partial charge in [0.2, 0.25) is 0 Å². The number of carboxylic acid groups (broad SMARTS) is 1. The van der Waals surface area contributed by atoms with Gasteiger partial charge in [-0.2, -0.15) is 9.28 Å². The third-order valence-corrected chi connectivity index (χ3v) is 2.67. The molecule has 0 radical (unpaired) electrons. The first-order valence-corrected chi connectivity index (χ1v) is 4.63. The Morgan fingerprint density at radius 2 is 2.07 bits per heavy atom. The van der Waals surface area contributed by atoms with Gasteiger partial charge in [0, 0.05) is 0 Å². The van der Waals surface area contributed by atoms with Crippen molar-refractivity contribution in [2.24, 2.45) is 0 Å². The maximum absolute atomic E-state index is 11.3. The number of hydrogen-bond acceptors (Lipinski definition) is 2. The molecule has 1 aliphatic rings. The summed E-state index contributed by atoms with van der Waals surface area (Å²) in [5.74, 6) is 0. The van der Waals surface area contributed by atoms with Crippen LogP contribution in [0.15, 0.2) is 30.3 Å². The van der Waals surface area contributed by atoms with Crippen molar-refractivity contribution in [2.75, 3.05) is 19.8 Å². The summed E-state index contributed by atoms with van der Waals surface area (Å²) in [4.78, 5) is 11.3. The Balaban J connectivity index is 2.42. The highest BCUT2D eigenvalue weighted by atomic mass is 16.4. The Morgan fingerprint density at radius 3 is 2.57 bits per heavy atom. The average Bonchev–Trinajstić information content (AvgIpc) is 2.69. The van der Waals surface area contributed by atoms with Gasteiger partial charge in [0.1, 0.15) is 18.9 Å². The average molecular weight is 193 g/mol. The second kappa shape index (κ2) is 3.40. The molecule has 74 valence electrons. The van der Waals surface area contributed by atoms with E-state index in [1.807, 2.05) is 30.3 Å². The van der Waals surface area contributed by atoms with E-state index in [2.05, 4.69) is 5.32 Å². The third-order valence-electron chi connectivity index (χ3n) is 2.67. The largest absolute Gasteiger partial charge is 0.519 e. The zero-order chi connectivity index (χ0) is 10.0. The van der Waals surface area contributed by atoms with E-state index in [9.17, 15) is 9.90 Å². The molecule has 1 unspecified atom stereocenters. The molecular formula is C10H13N2O2+. The highest BCUT2D eigenvalue weighted by Crippen LogP contribution is 2.24. The van der Waals surface area contributed by atoms with Crippen LogP contribution in [0.1, 0.15) is 0 Å². The van der Waals surface area contributed by atoms with Crippen molar-refractivity contribution < 1.29 is 9.90 Å². The molecule has 1 saturated heterocycles. The fourth-order valence-electron chi connectivity index (χ4n) is 1.83. The number of para-hydroxylation sites is 1. The van der Waals surface area contributed by atoms with Gasteiger partial charge >= 0.3 is 6.09 Å². The van der Waals surface area contributed by atoms with E-state index >= 15 is 0 Å². The first-order valence-electron chi connectivity index (χ1n) is 4.63. The minimum absolute atomic E-state index is 0.000833. The number of quaternary nitrogens is 1. The van der Waals surface area contributed by atoms with Crippen LogP contribution in [0.25, 0.3) is 0 Å². The van der Waals surface area contributed by atoms with Crippen molar-refractivity contribution in [3.8, 4) is 0 Å². The Hall–Kier alpha value is -1.39. The molecule has 1 aromatic rings. The van der Waals surface area contributed by atoms with Gasteiger partial charge in [-0.15, -0.1) is 0 Å². The van der Waals surface area contributed by atoms with Gasteiger partial charge in [-0.3, -0.25) is 5.32 Å². The lowest BCUT2D eigenvalue weighted by atomic mass is 10.2. The maximum atomic E-state index is 11.3. The number of rotatable bonds is 1. The summed E-state index contributed by atoms with van der Waals surface area (Å²) in [5, 5.41) is 12.3. The minimum atomic E-state index is -0.791. The van der Waals surface area contributed by atoms with E-state index in [1.165, 1.54) is 0 Å². The number of hydrogen-bond donors (Lipinski definition) is 2. The maximum Gasteiger partial charge on any atom is 0.519 e. The topological polar surface area (TPSA) is 49.3 Å². The normalized spacial score (nSPS) is 26.3. The second-order valence-electron chi connectivity index (χ2n) is 3.47. The van der Waals surface area contributed by atoms with E-state index in [0.717, 1.165) is 12.2 Å². The van der Waals surface area contributed by atoms with Gasteiger partial charge in [0.15, 0.2) is 0 Å². The van der Waals surface area contributed by atoms with E-state index in [1.54, 1.807) is 0 Å². The fourth-order valence-corrected chi connectivity index (χ4v) is 1.83. The lowest BCUT2D eigenvalue weighted by molar-refractivity contribution is 0.156. The van der Waals surface area contributed by atoms with Gasteiger partial charge in [0.05, 0.1) is 6.54 Å². The summed E-state index contributed by atoms with van der Waals surface area (Å²) in [7, 11) is 0. The van der Waals surface area contributed by atoms with Crippen molar-refractivity contribution in [1.29, 1.82) is 0 Å². The second-order valence-corrected chi connectivity index (χ2v) is 3.47. The molecule has 14 heavy (non-hydrogen) atoms. The summed E-state index contributed by atoms with van der Waals surface area (Å²) in [6.07, 6.45) is -0.791. The van der Waals surface area contributed by atoms with Crippen molar-refractivity contribution in [2.45, 2.75) is 0 Å². The van der Waals surface area contributed by atoms with Crippen LogP contribution < -0.4 is 9.80 Å². The van der Waals surface area contributed by atoms with Crippen LogP contribution in [0.5, 0.6) is 0 Å². The van der Waals surface area contributed by atoms with Crippen molar-refractivity contribution in [1.82, 2.24) is 9.80 Å². The quantitative estimate of drug-likeness (QED) is 0.659. The van der Waals surface area contributed by atoms with Crippen LogP contribution >= 0.6 is 0 Å². The lowest BCUT2D eigenvalue weighted by Gasteiger charge is -2.25. The number of nitrogens with one attached hydrogen (secondary N) is 1. The van der Waals surface area contributed by atoms with E-state index < -0.39 is 6.09 Å². The van der Waals surface area contributed by atoms with Crippen molar-refractivity contribution in [3.05, 3.63) is 30.3 Å². The standard InChI is InChI=1S/C10H12N2O2/c13-10(14)12(7-6-11-8-12)9-4-2-1-3-5-9/h1-5,11H,6-8H2/p+1. The zero-order valence-corrected chi connectivity index (χ0v) is 7.81. The summed E-state index contributed by atoms with van der Waals surface area (Å²) in [5.41, 5.74) is 0.838. The molecule has 4 nitrogen and oxygen atoms in total. The molecule has 2 rings (SSSR count). The molecule has 4 heteroatoms. The van der Waals surface area contributed by atoms with Gasteiger partial charge in [-0.25, -0.2) is 0 Å². The Labute approximate surface area is 82.4 Å². The van der Waals surface area contributed by atoms with E-state index in [4.69, 9.17) is 0 Å². The molecule has 1 amide bonds. The minimum Gasteiger partial charge on any atom is -0.435 e. The van der Waals surface area contributed by atoms with E-state index in [0.29, 0.717) is 13.2 Å². The van der Waals surface area contributed by atoms with Gasteiger partial charge < -0.3 is 5.11 Å². The van der Waals surface area contributed by atoms with Crippen LogP contribution in [0.4, 0.5) is 10.5 Å². The van der Waals surface area contributed by atoms with Gasteiger partial charge in [0.25, 0.3) is 0 Å². The Kier molecular flexibility index (Phi) is 2.23. The molecule has 1 heterocycles. The molecular weight excluding hydrogens is 180 g/mol. The first kappa shape index (κ1) is 9.18. The third kappa shape index (κ3) is 1.29. The van der Waals surface area contributed by atoms with Crippen LogP contribution in [-0.2, 0) is 0 Å². The Morgan fingerprint density at radius 1 is 1.36 bits per heavy atom. The van der Waals surface area contributed by atoms with E-state index in [-0.39, 0.29) is 4.48 Å². The van der Waals surface area contributed by atoms with Gasteiger partial charge in [-0.1, -0.05) is 18.2 Å². The smallest absolute Gasteiger partial charge is 0.435 e. The number of carbonyl (C=O) groups is 1. The molecule has 1 aliphatic heterocycles. The van der Waals surface area contributed by atoms with Crippen LogP contribution in [0.2, 0.25) is 0 Å². The lowest BCUT2D eigenvalue weighted by Crippen LogP contribution is -2.52. The molecule has 1 aromatic carbocycles. The van der Waals surface area contributed by atoms with Crippen LogP contribution in [-0.4, -0.2) is 31.0 Å². The molecule has 0 aromatic heterocycles. The zero-order valence-electron chi connectivity index (χ0n) is 7.81. The Bertz CT molecular complexity index is 331. The summed E-state index contributed by atoms with van der Waals surface area (Å²) in [6.45, 7) is 1.83. The number of amides is 1. The number of benzene rings is 1. The first-order chi connectivity index (χ1) is 6.76. The summed E-state index contributed by atoms with van der Waals surface area (Å²) >= 11 is 0. The highest BCUT2D eigenvalue weighted by Gasteiger charge is 2.42. The fraction of sp³-hybridized carbons (Fsp3) is 0.300. The molecule has 2 N–H and O–H groups in total. The van der Waals surface area contributed by atoms with Crippen LogP contribution in [0, 0.1) is 0 Å². The summed E-state index contributed by atoms with van der Waals surface area (Å²) in [6, 6.07) is 9.36.